The van der Waals surface area contributed by atoms with E-state index in [0.29, 0.717) is 0 Å². The van der Waals surface area contributed by atoms with E-state index in [1.807, 2.05) is 0 Å². The SMILES string of the molecule is CC1=C(C(=CC=O)N2CCCNCC2)C(C)(C)CCC1. The Morgan fingerprint density at radius 2 is 2.05 bits per heavy atom. The summed E-state index contributed by atoms with van der Waals surface area (Å²) in [5, 5.41) is 3.44. The summed E-state index contributed by atoms with van der Waals surface area (Å²) in [6.07, 6.45) is 7.53. The molecule has 2 aliphatic rings. The van der Waals surface area contributed by atoms with Crippen molar-refractivity contribution in [2.75, 3.05) is 26.2 Å². The van der Waals surface area contributed by atoms with Gasteiger partial charge < -0.3 is 10.2 Å². The number of hydrogen-bond acceptors (Lipinski definition) is 3. The van der Waals surface area contributed by atoms with E-state index in [1.165, 1.54) is 36.1 Å². The maximum absolute atomic E-state index is 11.2. The summed E-state index contributed by atoms with van der Waals surface area (Å²) in [6.45, 7) is 11.0. The van der Waals surface area contributed by atoms with Gasteiger partial charge in [-0.1, -0.05) is 19.4 Å². The van der Waals surface area contributed by atoms with Gasteiger partial charge in [0.15, 0.2) is 0 Å². The number of allylic oxidation sites excluding steroid dienone is 3. The summed E-state index contributed by atoms with van der Waals surface area (Å²) in [5.41, 5.74) is 4.23. The van der Waals surface area contributed by atoms with Gasteiger partial charge in [0.2, 0.25) is 0 Å². The molecule has 0 amide bonds. The minimum Gasteiger partial charge on any atom is -0.370 e. The van der Waals surface area contributed by atoms with Gasteiger partial charge >= 0.3 is 0 Å². The van der Waals surface area contributed by atoms with Crippen LogP contribution < -0.4 is 5.32 Å². The van der Waals surface area contributed by atoms with E-state index in [-0.39, 0.29) is 5.41 Å². The second kappa shape index (κ2) is 6.57. The molecule has 0 atom stereocenters. The molecule has 1 heterocycles. The van der Waals surface area contributed by atoms with E-state index < -0.39 is 0 Å². The molecule has 0 aromatic heterocycles. The molecule has 2 rings (SSSR count). The smallest absolute Gasteiger partial charge is 0.144 e. The van der Waals surface area contributed by atoms with Crippen LogP contribution in [0.25, 0.3) is 0 Å². The lowest BCUT2D eigenvalue weighted by Gasteiger charge is -2.39. The van der Waals surface area contributed by atoms with Crippen molar-refractivity contribution in [1.82, 2.24) is 10.2 Å². The third kappa shape index (κ3) is 3.32. The minimum absolute atomic E-state index is 0.177. The maximum atomic E-state index is 11.2. The third-order valence-corrected chi connectivity index (χ3v) is 4.62. The highest BCUT2D eigenvalue weighted by Crippen LogP contribution is 2.44. The Morgan fingerprint density at radius 1 is 1.25 bits per heavy atom. The number of rotatable bonds is 3. The molecule has 1 aliphatic heterocycles. The fourth-order valence-electron chi connectivity index (χ4n) is 3.69. The Kier molecular flexibility index (Phi) is 5.03. The van der Waals surface area contributed by atoms with Gasteiger partial charge in [-0.3, -0.25) is 4.79 Å². The van der Waals surface area contributed by atoms with Crippen LogP contribution in [-0.2, 0) is 4.79 Å². The van der Waals surface area contributed by atoms with Crippen LogP contribution in [0.4, 0.5) is 0 Å². The Balaban J connectivity index is 2.36. The van der Waals surface area contributed by atoms with Crippen LogP contribution in [0.1, 0.15) is 46.5 Å². The molecule has 3 nitrogen and oxygen atoms in total. The van der Waals surface area contributed by atoms with E-state index in [1.54, 1.807) is 6.08 Å². The monoisotopic (exact) mass is 276 g/mol. The zero-order valence-corrected chi connectivity index (χ0v) is 13.2. The standard InChI is InChI=1S/C17H28N2O/c1-14-6-4-8-17(2,3)16(14)15(7-13-20)19-11-5-9-18-10-12-19/h7,13,18H,4-6,8-12H2,1-3H3. The van der Waals surface area contributed by atoms with Gasteiger partial charge in [0.05, 0.1) is 0 Å². The van der Waals surface area contributed by atoms with E-state index in [9.17, 15) is 4.79 Å². The molecule has 0 aromatic carbocycles. The highest BCUT2D eigenvalue weighted by Gasteiger charge is 2.32. The first-order valence-electron chi connectivity index (χ1n) is 7.88. The van der Waals surface area contributed by atoms with Gasteiger partial charge in [-0.2, -0.15) is 0 Å². The van der Waals surface area contributed by atoms with Crippen LogP contribution in [0, 0.1) is 5.41 Å². The van der Waals surface area contributed by atoms with Gasteiger partial charge in [-0.15, -0.1) is 0 Å². The first-order chi connectivity index (χ1) is 9.56. The number of nitrogens with zero attached hydrogens (tertiary/aromatic N) is 1. The summed E-state index contributed by atoms with van der Waals surface area (Å²) in [4.78, 5) is 13.6. The van der Waals surface area contributed by atoms with E-state index in [0.717, 1.165) is 38.9 Å². The maximum Gasteiger partial charge on any atom is 0.144 e. The van der Waals surface area contributed by atoms with Gasteiger partial charge in [-0.05, 0) is 50.1 Å². The third-order valence-electron chi connectivity index (χ3n) is 4.62. The van der Waals surface area contributed by atoms with Crippen LogP contribution in [0.15, 0.2) is 22.9 Å². The first kappa shape index (κ1) is 15.3. The van der Waals surface area contributed by atoms with Crippen molar-refractivity contribution >= 4 is 6.29 Å². The largest absolute Gasteiger partial charge is 0.370 e. The second-order valence-corrected chi connectivity index (χ2v) is 6.67. The van der Waals surface area contributed by atoms with Crippen LogP contribution >= 0.6 is 0 Å². The molecule has 0 bridgehead atoms. The molecule has 1 N–H and O–H groups in total. The summed E-state index contributed by atoms with van der Waals surface area (Å²) in [5.74, 6) is 0. The topological polar surface area (TPSA) is 32.3 Å². The minimum atomic E-state index is 0.177. The molecule has 0 spiro atoms. The number of carbonyl (C=O) groups is 1. The molecule has 1 saturated heterocycles. The Morgan fingerprint density at radius 3 is 2.75 bits per heavy atom. The lowest BCUT2D eigenvalue weighted by Crippen LogP contribution is -2.33. The van der Waals surface area contributed by atoms with Crippen molar-refractivity contribution in [3.05, 3.63) is 22.9 Å². The summed E-state index contributed by atoms with van der Waals surface area (Å²) in [6, 6.07) is 0. The molecule has 0 unspecified atom stereocenters. The highest BCUT2D eigenvalue weighted by molar-refractivity contribution is 5.68. The van der Waals surface area contributed by atoms with Gasteiger partial charge in [0.25, 0.3) is 0 Å². The van der Waals surface area contributed by atoms with E-state index in [4.69, 9.17) is 0 Å². The van der Waals surface area contributed by atoms with E-state index >= 15 is 0 Å². The predicted octanol–water partition coefficient (Wildman–Crippen LogP) is 2.89. The molecule has 0 saturated carbocycles. The molecular weight excluding hydrogens is 248 g/mol. The number of aldehydes is 1. The average molecular weight is 276 g/mol. The average Bonchev–Trinajstić information content (AvgIpc) is 2.65. The molecule has 1 fully saturated rings. The fourth-order valence-corrected chi connectivity index (χ4v) is 3.69. The quantitative estimate of drug-likeness (QED) is 0.635. The number of carbonyl (C=O) groups excluding carboxylic acids is 1. The van der Waals surface area contributed by atoms with Crippen LogP contribution in [0.3, 0.4) is 0 Å². The predicted molar refractivity (Wildman–Crippen MR) is 83.5 cm³/mol. The Labute approximate surface area is 123 Å². The lowest BCUT2D eigenvalue weighted by molar-refractivity contribution is -0.104. The van der Waals surface area contributed by atoms with Crippen molar-refractivity contribution in [3.63, 3.8) is 0 Å². The normalized spacial score (nSPS) is 24.6. The lowest BCUT2D eigenvalue weighted by atomic mass is 9.71. The number of hydrogen-bond donors (Lipinski definition) is 1. The Hall–Kier alpha value is -1.09. The van der Waals surface area contributed by atoms with Gasteiger partial charge in [0.1, 0.15) is 6.29 Å². The van der Waals surface area contributed by atoms with E-state index in [2.05, 4.69) is 31.0 Å². The molecule has 0 aromatic rings. The van der Waals surface area contributed by atoms with Gasteiger partial charge in [-0.25, -0.2) is 0 Å². The van der Waals surface area contributed by atoms with Crippen molar-refractivity contribution in [1.29, 1.82) is 0 Å². The van der Waals surface area contributed by atoms with Crippen LogP contribution in [-0.4, -0.2) is 37.4 Å². The van der Waals surface area contributed by atoms with Crippen LogP contribution in [0.2, 0.25) is 0 Å². The molecule has 112 valence electrons. The van der Waals surface area contributed by atoms with Crippen molar-refractivity contribution in [2.45, 2.75) is 46.5 Å². The molecular formula is C17H28N2O. The molecule has 3 heteroatoms. The van der Waals surface area contributed by atoms with Crippen LogP contribution in [0.5, 0.6) is 0 Å². The second-order valence-electron chi connectivity index (χ2n) is 6.67. The summed E-state index contributed by atoms with van der Waals surface area (Å²) >= 11 is 0. The van der Waals surface area contributed by atoms with Gasteiger partial charge in [0, 0.05) is 31.4 Å². The summed E-state index contributed by atoms with van der Waals surface area (Å²) < 4.78 is 0. The fraction of sp³-hybridized carbons (Fsp3) is 0.706. The first-order valence-corrected chi connectivity index (χ1v) is 7.88. The van der Waals surface area contributed by atoms with Crippen molar-refractivity contribution in [3.8, 4) is 0 Å². The zero-order valence-electron chi connectivity index (χ0n) is 13.2. The van der Waals surface area contributed by atoms with Crippen molar-refractivity contribution in [2.24, 2.45) is 5.41 Å². The molecule has 1 aliphatic carbocycles. The highest BCUT2D eigenvalue weighted by atomic mass is 16.1. The molecule has 0 radical (unpaired) electrons. The summed E-state index contributed by atoms with van der Waals surface area (Å²) in [7, 11) is 0. The molecule has 20 heavy (non-hydrogen) atoms. The Bertz CT molecular complexity index is 413. The number of nitrogens with one attached hydrogen (secondary N) is 1. The van der Waals surface area contributed by atoms with Crippen molar-refractivity contribution < 1.29 is 4.79 Å². The zero-order chi connectivity index (χ0) is 14.6.